The predicted molar refractivity (Wildman–Crippen MR) is 115 cm³/mol. The number of benzene rings is 2. The molecule has 2 heterocycles. The number of hydrogen-bond acceptors (Lipinski definition) is 4. The number of rotatable bonds is 5. The molecule has 2 aromatic carbocycles. The zero-order valence-electron chi connectivity index (χ0n) is 16.8. The van der Waals surface area contributed by atoms with E-state index in [1.54, 1.807) is 59.2 Å². The molecule has 2 N–H and O–H groups in total. The summed E-state index contributed by atoms with van der Waals surface area (Å²) in [6.45, 7) is 0. The molecule has 4 rings (SSSR count). The summed E-state index contributed by atoms with van der Waals surface area (Å²) in [4.78, 5) is 25.4. The van der Waals surface area contributed by atoms with Gasteiger partial charge < -0.3 is 15.4 Å². The van der Waals surface area contributed by atoms with Gasteiger partial charge in [0, 0.05) is 24.5 Å². The normalized spacial score (nSPS) is 10.7. The zero-order chi connectivity index (χ0) is 22.0. The number of amides is 2. The van der Waals surface area contributed by atoms with E-state index in [-0.39, 0.29) is 17.6 Å². The Morgan fingerprint density at radius 3 is 2.48 bits per heavy atom. The Morgan fingerprint density at radius 1 is 1.03 bits per heavy atom. The van der Waals surface area contributed by atoms with Crippen LogP contribution in [0.2, 0.25) is 0 Å². The molecule has 0 aliphatic carbocycles. The number of ether oxygens (including phenoxy) is 1. The molecule has 2 amide bonds. The maximum atomic E-state index is 13.3. The highest BCUT2D eigenvalue weighted by Gasteiger charge is 2.21. The van der Waals surface area contributed by atoms with E-state index >= 15 is 0 Å². The van der Waals surface area contributed by atoms with Gasteiger partial charge in [0.25, 0.3) is 11.8 Å². The average Bonchev–Trinajstić information content (AvgIpc) is 3.17. The maximum absolute atomic E-state index is 13.3. The summed E-state index contributed by atoms with van der Waals surface area (Å²) in [6.07, 6.45) is 1.65. The molecule has 8 heteroatoms. The van der Waals surface area contributed by atoms with E-state index in [9.17, 15) is 14.0 Å². The number of carbonyl (C=O) groups excluding carboxylic acids is 2. The molecule has 0 aliphatic heterocycles. The predicted octanol–water partition coefficient (Wildman–Crippen LogP) is 3.76. The fraction of sp³-hybridized carbons (Fsp3) is 0.0870. The lowest BCUT2D eigenvalue weighted by atomic mass is 10.1. The molecular formula is C23H19FN4O3. The van der Waals surface area contributed by atoms with Crippen LogP contribution in [0.4, 0.5) is 10.1 Å². The van der Waals surface area contributed by atoms with Crippen LogP contribution in [0.3, 0.4) is 0 Å². The van der Waals surface area contributed by atoms with E-state index in [1.165, 1.54) is 26.3 Å². The van der Waals surface area contributed by atoms with Crippen LogP contribution >= 0.6 is 0 Å². The highest BCUT2D eigenvalue weighted by molar-refractivity contribution is 6.09. The molecular weight excluding hydrogens is 399 g/mol. The van der Waals surface area contributed by atoms with E-state index < -0.39 is 0 Å². The Hall–Kier alpha value is -4.20. The Bertz CT molecular complexity index is 1280. The fourth-order valence-corrected chi connectivity index (χ4v) is 3.31. The number of anilines is 1. The van der Waals surface area contributed by atoms with E-state index in [0.29, 0.717) is 39.3 Å². The van der Waals surface area contributed by atoms with Gasteiger partial charge in [0.15, 0.2) is 0 Å². The van der Waals surface area contributed by atoms with Crippen molar-refractivity contribution in [1.82, 2.24) is 14.9 Å². The standard InChI is InChI=1S/C23H19FN4O3/c1-25-23(30)20-18-13-16(26-22(29)17-5-3-4-6-19(17)31-2)11-12-28(18)27-21(20)14-7-9-15(24)10-8-14/h3-13H,1-2H3,(H,25,30)(H,26,29). The number of hydrogen-bond donors (Lipinski definition) is 2. The summed E-state index contributed by atoms with van der Waals surface area (Å²) >= 11 is 0. The molecule has 0 bridgehead atoms. The molecule has 0 fully saturated rings. The lowest BCUT2D eigenvalue weighted by Gasteiger charge is -2.09. The van der Waals surface area contributed by atoms with Crippen LogP contribution in [0.15, 0.2) is 66.9 Å². The summed E-state index contributed by atoms with van der Waals surface area (Å²) < 4.78 is 20.1. The van der Waals surface area contributed by atoms with E-state index in [4.69, 9.17) is 4.74 Å². The van der Waals surface area contributed by atoms with Crippen molar-refractivity contribution in [2.45, 2.75) is 0 Å². The smallest absolute Gasteiger partial charge is 0.259 e. The first kappa shape index (κ1) is 20.1. The third-order valence-corrected chi connectivity index (χ3v) is 4.82. The van der Waals surface area contributed by atoms with Crippen molar-refractivity contribution >= 4 is 23.0 Å². The second-order valence-electron chi connectivity index (χ2n) is 6.71. The SMILES string of the molecule is CNC(=O)c1c(-c2ccc(F)cc2)nn2ccc(NC(=O)c3ccccc3OC)cc12. The molecule has 7 nitrogen and oxygen atoms in total. The molecule has 156 valence electrons. The van der Waals surface area contributed by atoms with Crippen LogP contribution in [-0.4, -0.2) is 35.6 Å². The highest BCUT2D eigenvalue weighted by Crippen LogP contribution is 2.28. The Morgan fingerprint density at radius 2 is 1.77 bits per heavy atom. The summed E-state index contributed by atoms with van der Waals surface area (Å²) in [7, 11) is 3.02. The highest BCUT2D eigenvalue weighted by atomic mass is 19.1. The Kier molecular flexibility index (Phi) is 5.36. The molecule has 0 saturated carbocycles. The first-order valence-electron chi connectivity index (χ1n) is 9.46. The number of fused-ring (bicyclic) bond motifs is 1. The second-order valence-corrected chi connectivity index (χ2v) is 6.71. The Labute approximate surface area is 177 Å². The number of pyridine rings is 1. The summed E-state index contributed by atoms with van der Waals surface area (Å²) in [5.74, 6) is -0.616. The topological polar surface area (TPSA) is 84.7 Å². The molecule has 2 aromatic heterocycles. The average molecular weight is 418 g/mol. The molecule has 0 atom stereocenters. The summed E-state index contributed by atoms with van der Waals surface area (Å²) in [5, 5.41) is 9.92. The van der Waals surface area contributed by atoms with Crippen LogP contribution in [0, 0.1) is 5.82 Å². The van der Waals surface area contributed by atoms with Crippen LogP contribution in [0.1, 0.15) is 20.7 Å². The molecule has 0 radical (unpaired) electrons. The van der Waals surface area contributed by atoms with Crippen LogP contribution in [0.5, 0.6) is 5.75 Å². The fourth-order valence-electron chi connectivity index (χ4n) is 3.31. The number of nitrogens with one attached hydrogen (secondary N) is 2. The third kappa shape index (κ3) is 3.83. The lowest BCUT2D eigenvalue weighted by Crippen LogP contribution is -2.18. The first-order chi connectivity index (χ1) is 15.0. The van der Waals surface area contributed by atoms with Crippen molar-refractivity contribution < 1.29 is 18.7 Å². The summed E-state index contributed by atoms with van der Waals surface area (Å²) in [6, 6.07) is 16.0. The maximum Gasteiger partial charge on any atom is 0.259 e. The van der Waals surface area contributed by atoms with Gasteiger partial charge in [-0.2, -0.15) is 5.10 Å². The number of aromatic nitrogens is 2. The monoisotopic (exact) mass is 418 g/mol. The van der Waals surface area contributed by atoms with Crippen LogP contribution < -0.4 is 15.4 Å². The van der Waals surface area contributed by atoms with Crippen molar-refractivity contribution in [1.29, 1.82) is 0 Å². The Balaban J connectivity index is 1.77. The molecule has 4 aromatic rings. The number of methoxy groups -OCH3 is 1. The van der Waals surface area contributed by atoms with Gasteiger partial charge in [-0.3, -0.25) is 9.59 Å². The largest absolute Gasteiger partial charge is 0.496 e. The minimum Gasteiger partial charge on any atom is -0.496 e. The van der Waals surface area contributed by atoms with Gasteiger partial charge in [0.2, 0.25) is 0 Å². The van der Waals surface area contributed by atoms with E-state index in [2.05, 4.69) is 15.7 Å². The molecule has 31 heavy (non-hydrogen) atoms. The molecule has 0 unspecified atom stereocenters. The molecule has 0 saturated heterocycles. The minimum atomic E-state index is -0.379. The number of halogens is 1. The van der Waals surface area contributed by atoms with Gasteiger partial charge in [0.05, 0.1) is 23.8 Å². The van der Waals surface area contributed by atoms with Gasteiger partial charge in [-0.05, 0) is 48.5 Å². The summed E-state index contributed by atoms with van der Waals surface area (Å²) in [5.41, 5.74) is 2.70. The third-order valence-electron chi connectivity index (χ3n) is 4.82. The molecule has 0 aliphatic rings. The van der Waals surface area contributed by atoms with Gasteiger partial charge in [-0.15, -0.1) is 0 Å². The van der Waals surface area contributed by atoms with Crippen molar-refractivity contribution in [3.63, 3.8) is 0 Å². The van der Waals surface area contributed by atoms with Crippen molar-refractivity contribution in [2.24, 2.45) is 0 Å². The van der Waals surface area contributed by atoms with Gasteiger partial charge in [-0.25, -0.2) is 8.91 Å². The lowest BCUT2D eigenvalue weighted by molar-refractivity contribution is 0.0964. The van der Waals surface area contributed by atoms with E-state index in [0.717, 1.165) is 0 Å². The van der Waals surface area contributed by atoms with Gasteiger partial charge >= 0.3 is 0 Å². The minimum absolute atomic E-state index is 0.322. The number of carbonyl (C=O) groups is 2. The first-order valence-corrected chi connectivity index (χ1v) is 9.46. The van der Waals surface area contributed by atoms with Crippen molar-refractivity contribution in [3.8, 4) is 17.0 Å². The van der Waals surface area contributed by atoms with Crippen molar-refractivity contribution in [2.75, 3.05) is 19.5 Å². The second kappa shape index (κ2) is 8.27. The molecule has 0 spiro atoms. The number of para-hydroxylation sites is 1. The quantitative estimate of drug-likeness (QED) is 0.517. The van der Waals surface area contributed by atoms with Crippen molar-refractivity contribution in [3.05, 3.63) is 83.8 Å². The zero-order valence-corrected chi connectivity index (χ0v) is 16.8. The van der Waals surface area contributed by atoms with E-state index in [1.807, 2.05) is 0 Å². The van der Waals surface area contributed by atoms with Gasteiger partial charge in [0.1, 0.15) is 17.3 Å². The van der Waals surface area contributed by atoms with Crippen LogP contribution in [0.25, 0.3) is 16.8 Å². The number of nitrogens with zero attached hydrogens (tertiary/aromatic N) is 2. The van der Waals surface area contributed by atoms with Crippen LogP contribution in [-0.2, 0) is 0 Å². The van der Waals surface area contributed by atoms with Gasteiger partial charge in [-0.1, -0.05) is 12.1 Å².